The highest BCUT2D eigenvalue weighted by molar-refractivity contribution is 7.73. The number of hydrogen-bond acceptors (Lipinski definition) is 1. The molecule has 0 aliphatic heterocycles. The zero-order valence-electron chi connectivity index (χ0n) is 14.6. The normalized spacial score (nSPS) is 17.6. The van der Waals surface area contributed by atoms with Crippen LogP contribution in [0.5, 0.6) is 0 Å². The molecule has 5 heteroatoms. The van der Waals surface area contributed by atoms with Crippen LogP contribution in [-0.2, 0) is 4.79 Å². The van der Waals surface area contributed by atoms with Gasteiger partial charge in [-0.15, -0.1) is 0 Å². The molecule has 0 saturated heterocycles. The van der Waals surface area contributed by atoms with E-state index < -0.39 is 25.7 Å². The van der Waals surface area contributed by atoms with Crippen molar-refractivity contribution >= 4 is 24.3 Å². The highest BCUT2D eigenvalue weighted by Gasteiger charge is 2.32. The molecule has 2 aromatic rings. The van der Waals surface area contributed by atoms with Gasteiger partial charge in [-0.2, -0.15) is 8.78 Å². The van der Waals surface area contributed by atoms with E-state index in [1.807, 2.05) is 67.6 Å². The summed E-state index contributed by atoms with van der Waals surface area (Å²) in [6, 6.07) is 19.9. The molecule has 138 valence electrons. The fourth-order valence-corrected chi connectivity index (χ4v) is 5.99. The maximum atomic E-state index is 13.5. The zero-order chi connectivity index (χ0) is 19.4. The third-order valence-corrected chi connectivity index (χ3v) is 7.37. The average molecular weight is 386 g/mol. The molecule has 2 aromatic carbocycles. The molecule has 3 rings (SSSR count). The smallest absolute Gasteiger partial charge is 0.294 e. The van der Waals surface area contributed by atoms with Gasteiger partial charge in [0.25, 0.3) is 0 Å². The molecule has 1 nitrogen and oxygen atoms in total. The monoisotopic (exact) mass is 386 g/mol. The van der Waals surface area contributed by atoms with Gasteiger partial charge in [-0.3, -0.25) is 4.79 Å². The van der Waals surface area contributed by atoms with Gasteiger partial charge in [-0.05, 0) is 30.3 Å². The Labute approximate surface area is 157 Å². The number of halogens is 3. The van der Waals surface area contributed by atoms with Crippen LogP contribution in [-0.4, -0.2) is 11.4 Å². The summed E-state index contributed by atoms with van der Waals surface area (Å²) in [6.07, 6.45) is 1.40. The van der Waals surface area contributed by atoms with E-state index in [0.29, 0.717) is 0 Å². The van der Waals surface area contributed by atoms with Gasteiger partial charge < -0.3 is 0 Å². The number of allylic oxidation sites excluding steroid dienone is 5. The van der Waals surface area contributed by atoms with Gasteiger partial charge in [-0.1, -0.05) is 79.7 Å². The highest BCUT2D eigenvalue weighted by Crippen LogP contribution is 2.44. The summed E-state index contributed by atoms with van der Waals surface area (Å²) >= 11 is 0. The second-order valence-corrected chi connectivity index (χ2v) is 8.83. The molecule has 0 radical (unpaired) electrons. The SMILES string of the molecule is CC(C1C=CC(C(F)=C(F)F)=CC1=O)P(c1ccccc1)c1ccccc1. The summed E-state index contributed by atoms with van der Waals surface area (Å²) < 4.78 is 38.4. The molecular formula is C22H18F3OP. The van der Waals surface area contributed by atoms with Crippen molar-refractivity contribution in [2.24, 2.45) is 5.92 Å². The van der Waals surface area contributed by atoms with Crippen molar-refractivity contribution in [3.63, 3.8) is 0 Å². The predicted octanol–water partition coefficient (Wildman–Crippen LogP) is 5.27. The second-order valence-electron chi connectivity index (χ2n) is 6.24. The van der Waals surface area contributed by atoms with Crippen molar-refractivity contribution in [2.75, 3.05) is 0 Å². The molecule has 1 aliphatic rings. The Morgan fingerprint density at radius 1 is 0.926 bits per heavy atom. The number of ketones is 1. The van der Waals surface area contributed by atoms with Crippen LogP contribution in [0.4, 0.5) is 13.2 Å². The van der Waals surface area contributed by atoms with Gasteiger partial charge in [0.1, 0.15) is 0 Å². The maximum Gasteiger partial charge on any atom is 0.306 e. The molecule has 1 aliphatic carbocycles. The fourth-order valence-electron chi connectivity index (χ4n) is 3.20. The predicted molar refractivity (Wildman–Crippen MR) is 105 cm³/mol. The molecule has 0 spiro atoms. The summed E-state index contributed by atoms with van der Waals surface area (Å²) in [5, 5.41) is 2.26. The van der Waals surface area contributed by atoms with Crippen molar-refractivity contribution in [1.29, 1.82) is 0 Å². The third-order valence-electron chi connectivity index (χ3n) is 4.52. The quantitative estimate of drug-likeness (QED) is 0.640. The third kappa shape index (κ3) is 4.28. The first-order chi connectivity index (χ1) is 13.0. The first kappa shape index (κ1) is 19.3. The maximum absolute atomic E-state index is 13.5. The van der Waals surface area contributed by atoms with Gasteiger partial charge in [-0.25, -0.2) is 4.39 Å². The summed E-state index contributed by atoms with van der Waals surface area (Å²) in [4.78, 5) is 12.6. The minimum atomic E-state index is -2.42. The summed E-state index contributed by atoms with van der Waals surface area (Å²) in [6.45, 7) is 1.99. The number of carbonyl (C=O) groups is 1. The van der Waals surface area contributed by atoms with Crippen molar-refractivity contribution in [1.82, 2.24) is 0 Å². The van der Waals surface area contributed by atoms with Crippen LogP contribution in [0.3, 0.4) is 0 Å². The van der Waals surface area contributed by atoms with E-state index in [0.717, 1.165) is 16.7 Å². The molecule has 0 heterocycles. The van der Waals surface area contributed by atoms with E-state index >= 15 is 0 Å². The Hall–Kier alpha value is -2.45. The minimum Gasteiger partial charge on any atom is -0.294 e. The molecule has 27 heavy (non-hydrogen) atoms. The van der Waals surface area contributed by atoms with Crippen LogP contribution in [0.1, 0.15) is 6.92 Å². The largest absolute Gasteiger partial charge is 0.306 e. The lowest BCUT2D eigenvalue weighted by Gasteiger charge is -2.30. The van der Waals surface area contributed by atoms with Gasteiger partial charge in [0.2, 0.25) is 0 Å². The molecule has 0 amide bonds. The van der Waals surface area contributed by atoms with E-state index in [1.165, 1.54) is 6.08 Å². The lowest BCUT2D eigenvalue weighted by atomic mass is 9.92. The Bertz CT molecular complexity index is 860. The molecule has 0 saturated carbocycles. The van der Waals surface area contributed by atoms with E-state index in [1.54, 1.807) is 6.08 Å². The van der Waals surface area contributed by atoms with Crippen LogP contribution in [0, 0.1) is 5.92 Å². The topological polar surface area (TPSA) is 17.1 Å². The molecule has 0 bridgehead atoms. The lowest BCUT2D eigenvalue weighted by molar-refractivity contribution is -0.117. The molecule has 0 aromatic heterocycles. The number of carbonyl (C=O) groups excluding carboxylic acids is 1. The lowest BCUT2D eigenvalue weighted by Crippen LogP contribution is -2.30. The Kier molecular flexibility index (Phi) is 6.08. The van der Waals surface area contributed by atoms with E-state index in [2.05, 4.69) is 0 Å². The molecule has 0 fully saturated rings. The average Bonchev–Trinajstić information content (AvgIpc) is 2.69. The summed E-state index contributed by atoms with van der Waals surface area (Å²) in [5.74, 6) is -2.48. The van der Waals surface area contributed by atoms with E-state index in [9.17, 15) is 18.0 Å². The van der Waals surface area contributed by atoms with Gasteiger partial charge in [0.15, 0.2) is 11.6 Å². The van der Waals surface area contributed by atoms with Crippen molar-refractivity contribution in [3.05, 3.63) is 96.4 Å². The van der Waals surface area contributed by atoms with Crippen LogP contribution in [0.2, 0.25) is 0 Å². The van der Waals surface area contributed by atoms with Crippen molar-refractivity contribution < 1.29 is 18.0 Å². The molecular weight excluding hydrogens is 368 g/mol. The van der Waals surface area contributed by atoms with Gasteiger partial charge in [0.05, 0.1) is 0 Å². The van der Waals surface area contributed by atoms with Gasteiger partial charge >= 0.3 is 6.08 Å². The Morgan fingerprint density at radius 3 is 1.89 bits per heavy atom. The van der Waals surface area contributed by atoms with Crippen molar-refractivity contribution in [3.8, 4) is 0 Å². The van der Waals surface area contributed by atoms with Crippen molar-refractivity contribution in [2.45, 2.75) is 12.6 Å². The molecule has 0 N–H and O–H groups in total. The minimum absolute atomic E-state index is 0.0754. The Morgan fingerprint density at radius 2 is 1.44 bits per heavy atom. The molecule has 2 atom stereocenters. The number of hydrogen-bond donors (Lipinski definition) is 0. The summed E-state index contributed by atoms with van der Waals surface area (Å²) in [5.41, 5.74) is -0.444. The second kappa shape index (κ2) is 8.49. The van der Waals surface area contributed by atoms with E-state index in [-0.39, 0.29) is 17.0 Å². The highest BCUT2D eigenvalue weighted by atomic mass is 31.1. The Balaban J connectivity index is 1.95. The van der Waals surface area contributed by atoms with Crippen LogP contribution in [0.15, 0.2) is 96.4 Å². The van der Waals surface area contributed by atoms with Gasteiger partial charge in [0, 0.05) is 11.5 Å². The first-order valence-corrected chi connectivity index (χ1v) is 9.94. The van der Waals surface area contributed by atoms with Crippen LogP contribution in [0.25, 0.3) is 0 Å². The van der Waals surface area contributed by atoms with Crippen LogP contribution >= 0.6 is 7.92 Å². The van der Waals surface area contributed by atoms with Crippen LogP contribution < -0.4 is 10.6 Å². The van der Waals surface area contributed by atoms with E-state index in [4.69, 9.17) is 0 Å². The standard InChI is InChI=1S/C22H18F3OP/c1-15(19-13-12-16(14-20(19)26)21(23)22(24)25)27(17-8-4-2-5-9-17)18-10-6-3-7-11-18/h2-15,19H,1H3. The molecule has 2 unspecified atom stereocenters. The number of benzene rings is 2. The fraction of sp³-hybridized carbons (Fsp3) is 0.136. The first-order valence-electron chi connectivity index (χ1n) is 8.53. The summed E-state index contributed by atoms with van der Waals surface area (Å²) in [7, 11) is -0.859. The number of rotatable bonds is 5. The zero-order valence-corrected chi connectivity index (χ0v) is 15.5.